The molecule has 138 valence electrons. The standard InChI is InChI=1S/C19H20F3N3O/c1-12-5-7-14(8-6-12)16-10-17(25-24-16)18(26)23-11-13-3-2-4-15(9-13)19(20,21)22/h2-9,16-17,24-25H,10-11H2,1H3,(H,23,26). The number of alkyl halides is 3. The normalized spacial score (nSPS) is 20.2. The highest BCUT2D eigenvalue weighted by Gasteiger charge is 2.31. The molecule has 1 aliphatic rings. The molecule has 2 aromatic rings. The van der Waals surface area contributed by atoms with Gasteiger partial charge in [-0.15, -0.1) is 0 Å². The minimum atomic E-state index is -4.39. The number of hydrogen-bond acceptors (Lipinski definition) is 3. The first-order valence-electron chi connectivity index (χ1n) is 8.34. The molecule has 0 aromatic heterocycles. The average Bonchev–Trinajstić information content (AvgIpc) is 3.10. The molecule has 0 bridgehead atoms. The molecule has 2 aromatic carbocycles. The van der Waals surface area contributed by atoms with Crippen LogP contribution in [0.25, 0.3) is 0 Å². The molecule has 1 heterocycles. The summed E-state index contributed by atoms with van der Waals surface area (Å²) in [5.74, 6) is -0.246. The van der Waals surface area contributed by atoms with Crippen LogP contribution >= 0.6 is 0 Å². The summed E-state index contributed by atoms with van der Waals surface area (Å²) < 4.78 is 38.2. The van der Waals surface area contributed by atoms with Crippen molar-refractivity contribution < 1.29 is 18.0 Å². The van der Waals surface area contributed by atoms with Crippen LogP contribution < -0.4 is 16.2 Å². The molecule has 1 fully saturated rings. The molecule has 3 N–H and O–H groups in total. The van der Waals surface area contributed by atoms with E-state index in [4.69, 9.17) is 0 Å². The van der Waals surface area contributed by atoms with Gasteiger partial charge in [-0.05, 0) is 36.6 Å². The summed E-state index contributed by atoms with van der Waals surface area (Å²) >= 11 is 0. The summed E-state index contributed by atoms with van der Waals surface area (Å²) in [6.07, 6.45) is -3.82. The summed E-state index contributed by atoms with van der Waals surface area (Å²) in [4.78, 5) is 12.3. The second kappa shape index (κ2) is 7.47. The third-order valence-electron chi connectivity index (χ3n) is 4.42. The van der Waals surface area contributed by atoms with Crippen LogP contribution in [0, 0.1) is 6.92 Å². The van der Waals surface area contributed by atoms with E-state index in [0.717, 1.165) is 23.3 Å². The van der Waals surface area contributed by atoms with E-state index in [1.54, 1.807) is 6.07 Å². The third-order valence-corrected chi connectivity index (χ3v) is 4.42. The first-order chi connectivity index (χ1) is 12.3. The number of hydrogen-bond donors (Lipinski definition) is 3. The molecule has 26 heavy (non-hydrogen) atoms. The Morgan fingerprint density at radius 1 is 1.15 bits per heavy atom. The van der Waals surface area contributed by atoms with Gasteiger partial charge in [0.25, 0.3) is 0 Å². The van der Waals surface area contributed by atoms with Gasteiger partial charge in [0.05, 0.1) is 5.56 Å². The molecule has 1 amide bonds. The van der Waals surface area contributed by atoms with E-state index in [9.17, 15) is 18.0 Å². The van der Waals surface area contributed by atoms with Gasteiger partial charge < -0.3 is 5.32 Å². The van der Waals surface area contributed by atoms with Crippen LogP contribution in [0.15, 0.2) is 48.5 Å². The zero-order valence-corrected chi connectivity index (χ0v) is 14.2. The Morgan fingerprint density at radius 3 is 2.58 bits per heavy atom. The van der Waals surface area contributed by atoms with Crippen molar-refractivity contribution in [1.82, 2.24) is 16.2 Å². The molecule has 0 radical (unpaired) electrons. The van der Waals surface area contributed by atoms with Gasteiger partial charge in [-0.1, -0.05) is 42.0 Å². The molecule has 1 aliphatic heterocycles. The van der Waals surface area contributed by atoms with Crippen molar-refractivity contribution in [2.45, 2.75) is 38.1 Å². The number of rotatable bonds is 4. The Morgan fingerprint density at radius 2 is 1.88 bits per heavy atom. The van der Waals surface area contributed by atoms with Crippen molar-refractivity contribution >= 4 is 5.91 Å². The van der Waals surface area contributed by atoms with E-state index >= 15 is 0 Å². The summed E-state index contributed by atoms with van der Waals surface area (Å²) in [6, 6.07) is 12.6. The highest BCUT2D eigenvalue weighted by atomic mass is 19.4. The highest BCUT2D eigenvalue weighted by Crippen LogP contribution is 2.29. The van der Waals surface area contributed by atoms with E-state index in [2.05, 4.69) is 16.2 Å². The Kier molecular flexibility index (Phi) is 5.29. The number of hydrazine groups is 1. The number of nitrogens with one attached hydrogen (secondary N) is 3. The van der Waals surface area contributed by atoms with Gasteiger partial charge >= 0.3 is 6.18 Å². The second-order valence-electron chi connectivity index (χ2n) is 6.46. The summed E-state index contributed by atoms with van der Waals surface area (Å²) in [5, 5.41) is 2.69. The molecule has 0 saturated carbocycles. The van der Waals surface area contributed by atoms with Crippen LogP contribution in [-0.4, -0.2) is 11.9 Å². The predicted octanol–water partition coefficient (Wildman–Crippen LogP) is 3.24. The maximum Gasteiger partial charge on any atom is 0.416 e. The Labute approximate surface area is 149 Å². The molecular formula is C19H20F3N3O. The van der Waals surface area contributed by atoms with Crippen molar-refractivity contribution in [2.75, 3.05) is 0 Å². The van der Waals surface area contributed by atoms with E-state index < -0.39 is 17.8 Å². The van der Waals surface area contributed by atoms with E-state index in [-0.39, 0.29) is 18.5 Å². The van der Waals surface area contributed by atoms with Gasteiger partial charge in [0.15, 0.2) is 0 Å². The Hall–Kier alpha value is -2.38. The SMILES string of the molecule is Cc1ccc(C2CC(C(=O)NCc3cccc(C(F)(F)F)c3)NN2)cc1. The molecule has 0 aliphatic carbocycles. The van der Waals surface area contributed by atoms with E-state index in [1.165, 1.54) is 6.07 Å². The second-order valence-corrected chi connectivity index (χ2v) is 6.46. The lowest BCUT2D eigenvalue weighted by molar-refractivity contribution is -0.137. The molecule has 1 saturated heterocycles. The number of amides is 1. The minimum Gasteiger partial charge on any atom is -0.351 e. The van der Waals surface area contributed by atoms with Crippen LogP contribution in [0.4, 0.5) is 13.2 Å². The van der Waals surface area contributed by atoms with Crippen molar-refractivity contribution in [3.8, 4) is 0 Å². The van der Waals surface area contributed by atoms with Gasteiger partial charge in [0.1, 0.15) is 6.04 Å². The Balaban J connectivity index is 1.55. The molecule has 2 unspecified atom stereocenters. The molecule has 0 spiro atoms. The van der Waals surface area contributed by atoms with Crippen molar-refractivity contribution in [3.05, 3.63) is 70.8 Å². The number of benzene rings is 2. The first kappa shape index (κ1) is 18.4. The zero-order valence-electron chi connectivity index (χ0n) is 14.2. The fourth-order valence-electron chi connectivity index (χ4n) is 2.92. The topological polar surface area (TPSA) is 53.2 Å². The molecule has 7 heteroatoms. The van der Waals surface area contributed by atoms with Crippen LogP contribution in [0.2, 0.25) is 0 Å². The van der Waals surface area contributed by atoms with Crippen LogP contribution in [0.5, 0.6) is 0 Å². The van der Waals surface area contributed by atoms with Crippen LogP contribution in [0.3, 0.4) is 0 Å². The number of halogens is 3. The van der Waals surface area contributed by atoms with Gasteiger partial charge in [-0.25, -0.2) is 10.9 Å². The fourth-order valence-corrected chi connectivity index (χ4v) is 2.92. The van der Waals surface area contributed by atoms with Crippen molar-refractivity contribution in [1.29, 1.82) is 0 Å². The fraction of sp³-hybridized carbons (Fsp3) is 0.316. The smallest absolute Gasteiger partial charge is 0.351 e. The predicted molar refractivity (Wildman–Crippen MR) is 91.9 cm³/mol. The maximum atomic E-state index is 12.7. The number of carbonyl (C=O) groups is 1. The van der Waals surface area contributed by atoms with Crippen molar-refractivity contribution in [3.63, 3.8) is 0 Å². The van der Waals surface area contributed by atoms with Gasteiger partial charge in [-0.3, -0.25) is 4.79 Å². The molecular weight excluding hydrogens is 343 g/mol. The maximum absolute atomic E-state index is 12.7. The molecule has 4 nitrogen and oxygen atoms in total. The summed E-state index contributed by atoms with van der Waals surface area (Å²) in [5.41, 5.74) is 7.98. The zero-order chi connectivity index (χ0) is 18.7. The lowest BCUT2D eigenvalue weighted by Crippen LogP contribution is -2.42. The summed E-state index contributed by atoms with van der Waals surface area (Å²) in [7, 11) is 0. The van der Waals surface area contributed by atoms with E-state index in [1.807, 2.05) is 31.2 Å². The third kappa shape index (κ3) is 4.42. The molecule has 3 rings (SSSR count). The van der Waals surface area contributed by atoms with Gasteiger partial charge in [0, 0.05) is 12.6 Å². The lowest BCUT2D eigenvalue weighted by Gasteiger charge is -2.12. The average molecular weight is 363 g/mol. The van der Waals surface area contributed by atoms with Gasteiger partial charge in [-0.2, -0.15) is 13.2 Å². The number of aryl methyl sites for hydroxylation is 1. The molecule has 2 atom stereocenters. The Bertz CT molecular complexity index is 774. The van der Waals surface area contributed by atoms with E-state index in [0.29, 0.717) is 12.0 Å². The monoisotopic (exact) mass is 363 g/mol. The first-order valence-corrected chi connectivity index (χ1v) is 8.34. The summed E-state index contributed by atoms with van der Waals surface area (Å²) in [6.45, 7) is 2.06. The lowest BCUT2D eigenvalue weighted by atomic mass is 10.0. The highest BCUT2D eigenvalue weighted by molar-refractivity contribution is 5.82. The van der Waals surface area contributed by atoms with Crippen molar-refractivity contribution in [2.24, 2.45) is 0 Å². The van der Waals surface area contributed by atoms with Crippen LogP contribution in [0.1, 0.15) is 34.7 Å². The largest absolute Gasteiger partial charge is 0.416 e. The number of carbonyl (C=O) groups excluding carboxylic acids is 1. The van der Waals surface area contributed by atoms with Gasteiger partial charge in [0.2, 0.25) is 5.91 Å². The minimum absolute atomic E-state index is 0.0138. The quantitative estimate of drug-likeness (QED) is 0.782. The van der Waals surface area contributed by atoms with Crippen LogP contribution in [-0.2, 0) is 17.5 Å².